The van der Waals surface area contributed by atoms with E-state index in [1.54, 1.807) is 31.6 Å². The van der Waals surface area contributed by atoms with Gasteiger partial charge in [-0.25, -0.2) is 15.0 Å². The molecule has 0 aliphatic carbocycles. The SMILES string of the molecule is CNc1ccnc(O[C@H]2CCN(CC(=O)Nc3cccc4c(-c5nc(/N=C(N)\C=C(\C)[NH2+]C)ncc5C)c[nH]c34)C2)n1. The first-order valence-electron chi connectivity index (χ1n) is 13.8. The number of benzene rings is 1. The molecule has 42 heavy (non-hydrogen) atoms. The average molecular weight is 571 g/mol. The highest BCUT2D eigenvalue weighted by atomic mass is 16.5. The summed E-state index contributed by atoms with van der Waals surface area (Å²) in [6, 6.07) is 7.89. The van der Waals surface area contributed by atoms with Gasteiger partial charge >= 0.3 is 6.01 Å². The Balaban J connectivity index is 1.27. The maximum Gasteiger partial charge on any atom is 0.318 e. The van der Waals surface area contributed by atoms with Crippen LogP contribution in [0.3, 0.4) is 0 Å². The summed E-state index contributed by atoms with van der Waals surface area (Å²) in [5.74, 6) is 1.20. The standard InChI is InChI=1S/C29H35N11O2/c1-17-13-35-28(37-23(30)12-18(2)31-3)39-26(17)21-14-34-27-20(21)6-5-7-22(27)36-25(41)16-40-11-9-19(15-40)42-29-33-10-8-24(32-4)38-29/h5-8,10,12-14,19,31,34H,9,11,15-16H2,1-4H3,(H,36,41)(H,32,33,38)(H2,30,35,37,39)/p+1/b18-12-/t19-/m0/s1. The van der Waals surface area contributed by atoms with Crippen LogP contribution in [0.4, 0.5) is 17.5 Å². The van der Waals surface area contributed by atoms with Crippen molar-refractivity contribution in [2.75, 3.05) is 44.4 Å². The van der Waals surface area contributed by atoms with Crippen LogP contribution >= 0.6 is 0 Å². The Morgan fingerprint density at radius 3 is 2.98 bits per heavy atom. The van der Waals surface area contributed by atoms with Gasteiger partial charge in [0.2, 0.25) is 5.91 Å². The zero-order chi connectivity index (χ0) is 29.6. The molecule has 0 bridgehead atoms. The summed E-state index contributed by atoms with van der Waals surface area (Å²) in [5.41, 5.74) is 11.1. The Labute approximate surface area is 243 Å². The molecule has 1 fully saturated rings. The van der Waals surface area contributed by atoms with E-state index in [1.807, 2.05) is 50.6 Å². The molecule has 1 saturated heterocycles. The van der Waals surface area contributed by atoms with Crippen molar-refractivity contribution in [2.24, 2.45) is 10.7 Å². The lowest BCUT2D eigenvalue weighted by molar-refractivity contribution is -0.575. The number of H-pyrrole nitrogens is 1. The number of hydrogen-bond acceptors (Lipinski definition) is 9. The second-order valence-corrected chi connectivity index (χ2v) is 10.1. The number of aryl methyl sites for hydroxylation is 1. The van der Waals surface area contributed by atoms with Gasteiger partial charge in [0, 0.05) is 62.7 Å². The lowest BCUT2D eigenvalue weighted by atomic mass is 10.1. The molecule has 1 aromatic carbocycles. The predicted molar refractivity (Wildman–Crippen MR) is 163 cm³/mol. The van der Waals surface area contributed by atoms with Crippen LogP contribution in [0.15, 0.2) is 59.6 Å². The van der Waals surface area contributed by atoms with Gasteiger partial charge < -0.3 is 31.4 Å². The number of anilines is 2. The predicted octanol–water partition coefficient (Wildman–Crippen LogP) is 1.94. The maximum absolute atomic E-state index is 13.0. The Morgan fingerprint density at radius 2 is 2.17 bits per heavy atom. The number of amides is 1. The molecule has 1 atom stereocenters. The number of para-hydroxylation sites is 1. The number of nitrogens with two attached hydrogens (primary N) is 2. The molecule has 1 aliphatic heterocycles. The maximum atomic E-state index is 13.0. The molecular weight excluding hydrogens is 534 g/mol. The largest absolute Gasteiger partial charge is 0.459 e. The first kappa shape index (κ1) is 28.6. The number of rotatable bonds is 10. The van der Waals surface area contributed by atoms with Crippen molar-refractivity contribution >= 4 is 40.1 Å². The first-order valence-corrected chi connectivity index (χ1v) is 13.8. The number of aromatic amines is 1. The van der Waals surface area contributed by atoms with E-state index < -0.39 is 0 Å². The second kappa shape index (κ2) is 12.7. The zero-order valence-electron chi connectivity index (χ0n) is 24.2. The van der Waals surface area contributed by atoms with Crippen LogP contribution < -0.4 is 26.4 Å². The Kier molecular flexibility index (Phi) is 8.69. The van der Waals surface area contributed by atoms with Gasteiger partial charge in [0.1, 0.15) is 23.5 Å². The summed E-state index contributed by atoms with van der Waals surface area (Å²) < 4.78 is 5.94. The molecule has 0 saturated carbocycles. The molecule has 0 unspecified atom stereocenters. The van der Waals surface area contributed by atoms with Crippen molar-refractivity contribution < 1.29 is 14.8 Å². The molecule has 0 spiro atoms. The Hall–Kier alpha value is -4.88. The number of amidine groups is 1. The van der Waals surface area contributed by atoms with Gasteiger partial charge in [0.25, 0.3) is 5.95 Å². The van der Waals surface area contributed by atoms with E-state index in [0.29, 0.717) is 29.9 Å². The number of carbonyl (C=O) groups excluding carboxylic acids is 1. The van der Waals surface area contributed by atoms with E-state index in [4.69, 9.17) is 10.5 Å². The topological polar surface area (TPSA) is 176 Å². The summed E-state index contributed by atoms with van der Waals surface area (Å²) in [6.45, 7) is 5.51. The van der Waals surface area contributed by atoms with Gasteiger partial charge in [-0.3, -0.25) is 9.69 Å². The minimum absolute atomic E-state index is 0.0787. The molecule has 4 heterocycles. The molecule has 1 amide bonds. The van der Waals surface area contributed by atoms with Crippen LogP contribution in [-0.2, 0) is 4.79 Å². The van der Waals surface area contributed by atoms with Gasteiger partial charge in [-0.05, 0) is 31.0 Å². The number of allylic oxidation sites excluding steroid dienone is 1. The zero-order valence-corrected chi connectivity index (χ0v) is 24.2. The van der Waals surface area contributed by atoms with Crippen molar-refractivity contribution in [2.45, 2.75) is 26.4 Å². The average Bonchev–Trinajstić information content (AvgIpc) is 3.61. The molecule has 13 heteroatoms. The van der Waals surface area contributed by atoms with Crippen LogP contribution in [0.2, 0.25) is 0 Å². The summed E-state index contributed by atoms with van der Waals surface area (Å²) in [6.07, 6.45) is 7.76. The third-order valence-electron chi connectivity index (χ3n) is 7.02. The number of hydrogen-bond donors (Lipinski definition) is 5. The van der Waals surface area contributed by atoms with Gasteiger partial charge in [-0.2, -0.15) is 9.98 Å². The number of aromatic nitrogens is 5. The van der Waals surface area contributed by atoms with Gasteiger partial charge in [0.15, 0.2) is 0 Å². The highest BCUT2D eigenvalue weighted by Crippen LogP contribution is 2.33. The highest BCUT2D eigenvalue weighted by molar-refractivity contribution is 6.06. The molecular formula is C29H36N11O2+. The summed E-state index contributed by atoms with van der Waals surface area (Å²) >= 11 is 0. The van der Waals surface area contributed by atoms with Crippen LogP contribution in [0.1, 0.15) is 18.9 Å². The van der Waals surface area contributed by atoms with Gasteiger partial charge in [0.05, 0.1) is 30.5 Å². The number of likely N-dealkylation sites (tertiary alicyclic amines) is 1. The van der Waals surface area contributed by atoms with E-state index in [-0.39, 0.29) is 24.5 Å². The molecule has 0 radical (unpaired) electrons. The normalized spacial score (nSPS) is 16.1. The molecule has 5 rings (SSSR count). The Bertz CT molecular complexity index is 1650. The first-order chi connectivity index (χ1) is 20.3. The number of ether oxygens (including phenoxy) is 1. The lowest BCUT2D eigenvalue weighted by Crippen LogP contribution is -2.76. The summed E-state index contributed by atoms with van der Waals surface area (Å²) in [5, 5.41) is 8.91. The molecule has 3 aromatic heterocycles. The van der Waals surface area contributed by atoms with E-state index in [9.17, 15) is 4.79 Å². The van der Waals surface area contributed by atoms with Crippen molar-refractivity contribution in [1.82, 2.24) is 29.8 Å². The van der Waals surface area contributed by atoms with E-state index >= 15 is 0 Å². The number of aliphatic imine (C=N–C) groups is 1. The molecule has 7 N–H and O–H groups in total. The number of nitrogens with zero attached hydrogens (tertiary/aromatic N) is 6. The van der Waals surface area contributed by atoms with Gasteiger partial charge in [-0.1, -0.05) is 12.1 Å². The van der Waals surface area contributed by atoms with Crippen LogP contribution in [-0.4, -0.2) is 81.4 Å². The molecule has 13 nitrogen and oxygen atoms in total. The van der Waals surface area contributed by atoms with E-state index in [1.165, 1.54) is 0 Å². The smallest absolute Gasteiger partial charge is 0.318 e. The highest BCUT2D eigenvalue weighted by Gasteiger charge is 2.26. The fourth-order valence-electron chi connectivity index (χ4n) is 4.79. The van der Waals surface area contributed by atoms with E-state index in [0.717, 1.165) is 46.4 Å². The number of nitrogens with one attached hydrogen (secondary N) is 3. The molecule has 218 valence electrons. The number of quaternary nitrogens is 1. The number of fused-ring (bicyclic) bond motifs is 1. The minimum atomic E-state index is -0.106. The van der Waals surface area contributed by atoms with Crippen LogP contribution in [0.25, 0.3) is 22.2 Å². The lowest BCUT2D eigenvalue weighted by Gasteiger charge is -2.16. The second-order valence-electron chi connectivity index (χ2n) is 10.1. The molecule has 4 aromatic rings. The fourth-order valence-corrected chi connectivity index (χ4v) is 4.79. The summed E-state index contributed by atoms with van der Waals surface area (Å²) in [4.78, 5) is 40.3. The minimum Gasteiger partial charge on any atom is -0.459 e. The fraction of sp³-hybridized carbons (Fsp3) is 0.310. The van der Waals surface area contributed by atoms with Gasteiger partial charge in [-0.15, -0.1) is 0 Å². The van der Waals surface area contributed by atoms with Crippen molar-refractivity contribution in [3.8, 4) is 17.3 Å². The quantitative estimate of drug-likeness (QED) is 0.141. The monoisotopic (exact) mass is 570 g/mol. The van der Waals surface area contributed by atoms with Crippen molar-refractivity contribution in [3.05, 3.63) is 60.2 Å². The van der Waals surface area contributed by atoms with Crippen LogP contribution in [0, 0.1) is 6.92 Å². The number of carbonyl (C=O) groups is 1. The van der Waals surface area contributed by atoms with E-state index in [2.05, 4.69) is 45.4 Å². The van der Waals surface area contributed by atoms with Crippen LogP contribution in [0.5, 0.6) is 6.01 Å². The van der Waals surface area contributed by atoms with Crippen molar-refractivity contribution in [3.63, 3.8) is 0 Å². The summed E-state index contributed by atoms with van der Waals surface area (Å²) in [7, 11) is 3.73. The third-order valence-corrected chi connectivity index (χ3v) is 7.02. The third kappa shape index (κ3) is 6.70. The molecule has 1 aliphatic rings. The van der Waals surface area contributed by atoms with Crippen molar-refractivity contribution in [1.29, 1.82) is 0 Å². The Morgan fingerprint density at radius 1 is 1.31 bits per heavy atom.